The Kier molecular flexibility index (Phi) is 3.16. The average Bonchev–Trinajstić information content (AvgIpc) is 2.31. The lowest BCUT2D eigenvalue weighted by molar-refractivity contribution is 0.0698. The summed E-state index contributed by atoms with van der Waals surface area (Å²) < 4.78 is 13.7. The summed E-state index contributed by atoms with van der Waals surface area (Å²) in [5, 5.41) is 9.40. The minimum Gasteiger partial charge on any atom is -0.478 e. The molecule has 92 valence electrons. The monoisotopic (exact) mass is 266 g/mol. The number of nitrogens with zero attached hydrogens (tertiary/aromatic N) is 1. The number of carbonyl (C=O) groups is 1. The van der Waals surface area contributed by atoms with Crippen molar-refractivity contribution in [3.05, 3.63) is 46.9 Å². The van der Waals surface area contributed by atoms with Crippen LogP contribution in [-0.2, 0) is 0 Å². The normalized spacial score (nSPS) is 10.3. The number of hydrogen-bond acceptors (Lipinski definition) is 3. The van der Waals surface area contributed by atoms with Gasteiger partial charge in [-0.3, -0.25) is 0 Å². The van der Waals surface area contributed by atoms with Crippen LogP contribution in [0.15, 0.2) is 30.5 Å². The molecule has 0 unspecified atom stereocenters. The maximum atomic E-state index is 13.7. The summed E-state index contributed by atoms with van der Waals surface area (Å²) in [7, 11) is 0. The van der Waals surface area contributed by atoms with Gasteiger partial charge in [-0.15, -0.1) is 0 Å². The largest absolute Gasteiger partial charge is 0.478 e. The zero-order chi connectivity index (χ0) is 13.3. The van der Waals surface area contributed by atoms with E-state index in [0.29, 0.717) is 5.02 Å². The molecule has 0 atom stereocenters. The lowest BCUT2D eigenvalue weighted by atomic mass is 10.0. The molecule has 1 aromatic carbocycles. The van der Waals surface area contributed by atoms with Crippen LogP contribution in [-0.4, -0.2) is 16.1 Å². The highest BCUT2D eigenvalue weighted by molar-refractivity contribution is 6.30. The number of nitrogens with two attached hydrogens (primary N) is 1. The highest BCUT2D eigenvalue weighted by atomic mass is 35.5. The van der Waals surface area contributed by atoms with Crippen molar-refractivity contribution in [2.24, 2.45) is 0 Å². The van der Waals surface area contributed by atoms with E-state index >= 15 is 0 Å². The van der Waals surface area contributed by atoms with Gasteiger partial charge in [0.25, 0.3) is 0 Å². The fraction of sp³-hybridized carbons (Fsp3) is 0. The van der Waals surface area contributed by atoms with Crippen LogP contribution in [0, 0.1) is 5.82 Å². The van der Waals surface area contributed by atoms with Crippen LogP contribution in [0.5, 0.6) is 0 Å². The molecule has 0 bridgehead atoms. The van der Waals surface area contributed by atoms with E-state index in [-0.39, 0.29) is 22.5 Å². The molecule has 18 heavy (non-hydrogen) atoms. The van der Waals surface area contributed by atoms with E-state index in [9.17, 15) is 9.18 Å². The second kappa shape index (κ2) is 4.62. The van der Waals surface area contributed by atoms with Gasteiger partial charge in [0.15, 0.2) is 0 Å². The Morgan fingerprint density at radius 1 is 1.33 bits per heavy atom. The Hall–Kier alpha value is -2.14. The smallest absolute Gasteiger partial charge is 0.340 e. The van der Waals surface area contributed by atoms with Crippen molar-refractivity contribution in [2.45, 2.75) is 0 Å². The van der Waals surface area contributed by atoms with E-state index < -0.39 is 11.8 Å². The van der Waals surface area contributed by atoms with Crippen LogP contribution < -0.4 is 5.73 Å². The third kappa shape index (κ3) is 2.12. The Balaban J connectivity index is 2.75. The molecule has 0 saturated heterocycles. The molecule has 1 aromatic heterocycles. The van der Waals surface area contributed by atoms with Gasteiger partial charge in [-0.05, 0) is 24.3 Å². The van der Waals surface area contributed by atoms with E-state index in [4.69, 9.17) is 22.4 Å². The van der Waals surface area contributed by atoms with Gasteiger partial charge in [0.2, 0.25) is 0 Å². The zero-order valence-corrected chi connectivity index (χ0v) is 9.78. The number of nitrogen functional groups attached to an aromatic ring is 1. The van der Waals surface area contributed by atoms with Crippen molar-refractivity contribution < 1.29 is 14.3 Å². The quantitative estimate of drug-likeness (QED) is 0.876. The maximum Gasteiger partial charge on any atom is 0.340 e. The molecule has 3 N–H and O–H groups in total. The molecule has 0 amide bonds. The third-order valence-corrected chi connectivity index (χ3v) is 2.65. The first kappa shape index (κ1) is 12.3. The van der Waals surface area contributed by atoms with Crippen molar-refractivity contribution in [2.75, 3.05) is 5.73 Å². The van der Waals surface area contributed by atoms with Crippen molar-refractivity contribution in [1.82, 2.24) is 4.98 Å². The molecule has 0 aliphatic carbocycles. The highest BCUT2D eigenvalue weighted by Gasteiger charge is 2.18. The number of rotatable bonds is 2. The van der Waals surface area contributed by atoms with Crippen LogP contribution in [0.1, 0.15) is 10.4 Å². The Labute approximate surface area is 107 Å². The number of benzene rings is 1. The molecular formula is C12H8ClFN2O2. The van der Waals surface area contributed by atoms with Crippen molar-refractivity contribution in [3.63, 3.8) is 0 Å². The molecule has 1 heterocycles. The minimum absolute atomic E-state index is 0.0778. The molecule has 0 spiro atoms. The maximum absolute atomic E-state index is 13.7. The van der Waals surface area contributed by atoms with Gasteiger partial charge in [0.05, 0.1) is 0 Å². The molecule has 2 rings (SSSR count). The standard InChI is InChI=1S/C12H8ClFN2O2/c13-6-1-2-9(14)8(5-6)7-3-4-16-11(15)10(7)12(17)18/h1-5H,(H2,15,16)(H,17,18). The number of carboxylic acid groups (broad SMARTS) is 1. The molecule has 0 fully saturated rings. The van der Waals surface area contributed by atoms with Gasteiger partial charge in [-0.1, -0.05) is 11.6 Å². The predicted octanol–water partition coefficient (Wildman–Crippen LogP) is 2.82. The average molecular weight is 267 g/mol. The van der Waals surface area contributed by atoms with Crippen LogP contribution in [0.2, 0.25) is 5.02 Å². The summed E-state index contributed by atoms with van der Waals surface area (Å²) in [5.74, 6) is -2.01. The zero-order valence-electron chi connectivity index (χ0n) is 9.02. The van der Waals surface area contributed by atoms with Crippen molar-refractivity contribution >= 4 is 23.4 Å². The summed E-state index contributed by atoms with van der Waals surface area (Å²) >= 11 is 5.78. The number of carboxylic acids is 1. The third-order valence-electron chi connectivity index (χ3n) is 2.41. The van der Waals surface area contributed by atoms with Gasteiger partial charge in [-0.25, -0.2) is 14.2 Å². The van der Waals surface area contributed by atoms with Gasteiger partial charge < -0.3 is 10.8 Å². The lowest BCUT2D eigenvalue weighted by Crippen LogP contribution is -2.07. The Morgan fingerprint density at radius 3 is 2.72 bits per heavy atom. The van der Waals surface area contributed by atoms with Crippen LogP contribution >= 0.6 is 11.6 Å². The summed E-state index contributed by atoms with van der Waals surface area (Å²) in [6.07, 6.45) is 1.32. The first-order valence-corrected chi connectivity index (χ1v) is 5.31. The molecule has 4 nitrogen and oxygen atoms in total. The molecule has 0 saturated carbocycles. The fourth-order valence-corrected chi connectivity index (χ4v) is 1.80. The topological polar surface area (TPSA) is 76.2 Å². The molecule has 0 radical (unpaired) electrons. The van der Waals surface area contributed by atoms with E-state index in [0.717, 1.165) is 0 Å². The minimum atomic E-state index is -1.27. The van der Waals surface area contributed by atoms with Gasteiger partial charge >= 0.3 is 5.97 Å². The number of pyridine rings is 1. The first-order valence-electron chi connectivity index (χ1n) is 4.94. The molecule has 2 aromatic rings. The van der Waals surface area contributed by atoms with Crippen LogP contribution in [0.4, 0.5) is 10.2 Å². The fourth-order valence-electron chi connectivity index (χ4n) is 1.63. The molecular weight excluding hydrogens is 259 g/mol. The van der Waals surface area contributed by atoms with Crippen molar-refractivity contribution in [1.29, 1.82) is 0 Å². The van der Waals surface area contributed by atoms with Gasteiger partial charge in [-0.2, -0.15) is 0 Å². The van der Waals surface area contributed by atoms with Crippen LogP contribution in [0.3, 0.4) is 0 Å². The van der Waals surface area contributed by atoms with E-state index in [1.54, 1.807) is 0 Å². The summed E-state index contributed by atoms with van der Waals surface area (Å²) in [5.41, 5.74) is 5.49. The molecule has 6 heteroatoms. The number of hydrogen-bond donors (Lipinski definition) is 2. The highest BCUT2D eigenvalue weighted by Crippen LogP contribution is 2.30. The van der Waals surface area contributed by atoms with Crippen molar-refractivity contribution in [3.8, 4) is 11.1 Å². The molecule has 0 aliphatic heterocycles. The SMILES string of the molecule is Nc1nccc(-c2cc(Cl)ccc2F)c1C(=O)O. The molecule has 0 aliphatic rings. The van der Waals surface area contributed by atoms with Gasteiger partial charge in [0.1, 0.15) is 17.2 Å². The summed E-state index contributed by atoms with van der Waals surface area (Å²) in [6, 6.07) is 5.28. The number of halogens is 2. The van der Waals surface area contributed by atoms with Crippen LogP contribution in [0.25, 0.3) is 11.1 Å². The number of anilines is 1. The number of aromatic carboxylic acids is 1. The van der Waals surface area contributed by atoms with E-state index in [2.05, 4.69) is 4.98 Å². The summed E-state index contributed by atoms with van der Waals surface area (Å²) in [4.78, 5) is 14.8. The van der Waals surface area contributed by atoms with E-state index in [1.807, 2.05) is 0 Å². The van der Waals surface area contributed by atoms with E-state index in [1.165, 1.54) is 30.5 Å². The number of aromatic nitrogens is 1. The Bertz CT molecular complexity index is 631. The second-order valence-electron chi connectivity index (χ2n) is 3.55. The second-order valence-corrected chi connectivity index (χ2v) is 3.98. The lowest BCUT2D eigenvalue weighted by Gasteiger charge is -2.09. The van der Waals surface area contributed by atoms with Gasteiger partial charge in [0, 0.05) is 22.3 Å². The predicted molar refractivity (Wildman–Crippen MR) is 66.0 cm³/mol. The first-order chi connectivity index (χ1) is 8.50. The Morgan fingerprint density at radius 2 is 2.06 bits per heavy atom. The summed E-state index contributed by atoms with van der Waals surface area (Å²) in [6.45, 7) is 0.